The largest absolute Gasteiger partial charge is 0.313 e. The fourth-order valence-electron chi connectivity index (χ4n) is 3.25. The molecule has 3 heteroatoms. The highest BCUT2D eigenvalue weighted by atomic mass is 16.1. The van der Waals surface area contributed by atoms with Crippen molar-refractivity contribution in [3.8, 4) is 0 Å². The molecule has 3 rings (SSSR count). The second kappa shape index (κ2) is 3.47. The Morgan fingerprint density at radius 3 is 3.07 bits per heavy atom. The number of hydrogen-bond acceptors (Lipinski definition) is 2. The van der Waals surface area contributed by atoms with Crippen LogP contribution in [0.3, 0.4) is 0 Å². The van der Waals surface area contributed by atoms with Gasteiger partial charge in [0.2, 0.25) is 0 Å². The molecule has 0 unspecified atom stereocenters. The van der Waals surface area contributed by atoms with E-state index in [0.717, 1.165) is 23.6 Å². The van der Waals surface area contributed by atoms with Gasteiger partial charge in [0.25, 0.3) is 5.56 Å². The lowest BCUT2D eigenvalue weighted by Gasteiger charge is -2.35. The van der Waals surface area contributed by atoms with E-state index < -0.39 is 0 Å². The Morgan fingerprint density at radius 2 is 2.13 bits per heavy atom. The first-order valence-corrected chi connectivity index (χ1v) is 5.92. The van der Waals surface area contributed by atoms with Gasteiger partial charge in [-0.25, -0.2) is 4.98 Å². The molecule has 2 aliphatic carbocycles. The average molecular weight is 204 g/mol. The van der Waals surface area contributed by atoms with Crippen molar-refractivity contribution in [1.29, 1.82) is 0 Å². The first kappa shape index (κ1) is 9.13. The molecule has 1 fully saturated rings. The lowest BCUT2D eigenvalue weighted by molar-refractivity contribution is 0.269. The van der Waals surface area contributed by atoms with Crippen molar-refractivity contribution in [2.24, 2.45) is 5.92 Å². The molecule has 1 N–H and O–H groups in total. The van der Waals surface area contributed by atoms with Gasteiger partial charge < -0.3 is 4.98 Å². The minimum atomic E-state index is 0.0871. The van der Waals surface area contributed by atoms with Crippen LogP contribution in [-0.2, 0) is 6.42 Å². The van der Waals surface area contributed by atoms with Gasteiger partial charge in [-0.2, -0.15) is 0 Å². The van der Waals surface area contributed by atoms with E-state index in [2.05, 4.69) is 9.97 Å². The molecule has 1 heterocycles. The minimum absolute atomic E-state index is 0.0871. The minimum Gasteiger partial charge on any atom is -0.313 e. The van der Waals surface area contributed by atoms with E-state index in [1.54, 1.807) is 6.33 Å². The molecule has 1 aromatic heterocycles. The number of nitrogens with zero attached hydrogens (tertiary/aromatic N) is 1. The van der Waals surface area contributed by atoms with Gasteiger partial charge in [0.1, 0.15) is 0 Å². The van der Waals surface area contributed by atoms with Crippen LogP contribution in [0.1, 0.15) is 49.3 Å². The summed E-state index contributed by atoms with van der Waals surface area (Å²) in [6.07, 6.45) is 8.91. The number of rotatable bonds is 0. The van der Waals surface area contributed by atoms with Gasteiger partial charge in [-0.05, 0) is 31.6 Å². The highest BCUT2D eigenvalue weighted by Crippen LogP contribution is 2.42. The van der Waals surface area contributed by atoms with Crippen molar-refractivity contribution < 1.29 is 0 Å². The van der Waals surface area contributed by atoms with E-state index in [0.29, 0.717) is 5.92 Å². The van der Waals surface area contributed by atoms with Crippen LogP contribution >= 0.6 is 0 Å². The Kier molecular flexibility index (Phi) is 2.11. The molecule has 0 aromatic carbocycles. The van der Waals surface area contributed by atoms with E-state index in [9.17, 15) is 4.79 Å². The summed E-state index contributed by atoms with van der Waals surface area (Å²) in [5.41, 5.74) is 2.15. The molecule has 0 saturated heterocycles. The molecule has 0 radical (unpaired) electrons. The molecule has 0 spiro atoms. The Bertz CT molecular complexity index is 424. The molecule has 80 valence electrons. The predicted octanol–water partition coefficient (Wildman–Crippen LogP) is 1.99. The summed E-state index contributed by atoms with van der Waals surface area (Å²) < 4.78 is 0. The standard InChI is InChI=1S/C12H16N2O/c15-12-10-6-5-8-3-1-2-4-9(8)11(10)13-7-14-12/h7-9H,1-6H2,(H,13,14,15)/t8-,9-/m0/s1. The van der Waals surface area contributed by atoms with Crippen molar-refractivity contribution in [3.63, 3.8) is 0 Å². The highest BCUT2D eigenvalue weighted by Gasteiger charge is 2.33. The Hall–Kier alpha value is -1.12. The molecule has 0 amide bonds. The van der Waals surface area contributed by atoms with Crippen molar-refractivity contribution in [2.75, 3.05) is 0 Å². The van der Waals surface area contributed by atoms with E-state index >= 15 is 0 Å². The summed E-state index contributed by atoms with van der Waals surface area (Å²) in [5, 5.41) is 0. The summed E-state index contributed by atoms with van der Waals surface area (Å²) >= 11 is 0. The second-order valence-corrected chi connectivity index (χ2v) is 4.79. The highest BCUT2D eigenvalue weighted by molar-refractivity contribution is 5.25. The van der Waals surface area contributed by atoms with Gasteiger partial charge >= 0.3 is 0 Å². The monoisotopic (exact) mass is 204 g/mol. The number of fused-ring (bicyclic) bond motifs is 3. The summed E-state index contributed by atoms with van der Waals surface area (Å²) in [7, 11) is 0. The Morgan fingerprint density at radius 1 is 1.27 bits per heavy atom. The van der Waals surface area contributed by atoms with E-state index in [1.807, 2.05) is 0 Å². The second-order valence-electron chi connectivity index (χ2n) is 4.79. The van der Waals surface area contributed by atoms with Crippen LogP contribution in [0, 0.1) is 5.92 Å². The van der Waals surface area contributed by atoms with Crippen molar-refractivity contribution in [3.05, 3.63) is 27.9 Å². The van der Waals surface area contributed by atoms with Crippen LogP contribution in [0.25, 0.3) is 0 Å². The first-order valence-electron chi connectivity index (χ1n) is 5.92. The lowest BCUT2D eigenvalue weighted by Crippen LogP contribution is -2.30. The quantitative estimate of drug-likeness (QED) is 0.702. The topological polar surface area (TPSA) is 45.8 Å². The number of H-pyrrole nitrogens is 1. The van der Waals surface area contributed by atoms with E-state index in [1.165, 1.54) is 32.1 Å². The number of nitrogens with one attached hydrogen (secondary N) is 1. The SMILES string of the molecule is O=c1[nH]cnc2c1CC[C@@H]1CCCC[C@H]21. The van der Waals surface area contributed by atoms with Gasteiger partial charge in [-0.15, -0.1) is 0 Å². The molecule has 15 heavy (non-hydrogen) atoms. The van der Waals surface area contributed by atoms with Crippen LogP contribution in [0.5, 0.6) is 0 Å². The third-order valence-corrected chi connectivity index (χ3v) is 4.01. The van der Waals surface area contributed by atoms with Crippen molar-refractivity contribution in [2.45, 2.75) is 44.4 Å². The average Bonchev–Trinajstić information content (AvgIpc) is 2.29. The number of hydrogen-bond donors (Lipinski definition) is 1. The number of aromatic nitrogens is 2. The maximum atomic E-state index is 11.6. The first-order chi connectivity index (χ1) is 7.36. The van der Waals surface area contributed by atoms with E-state index in [-0.39, 0.29) is 5.56 Å². The zero-order chi connectivity index (χ0) is 10.3. The van der Waals surface area contributed by atoms with Crippen LogP contribution in [0.4, 0.5) is 0 Å². The predicted molar refractivity (Wildman–Crippen MR) is 57.9 cm³/mol. The number of aromatic amines is 1. The molecule has 1 saturated carbocycles. The van der Waals surface area contributed by atoms with Crippen molar-refractivity contribution in [1.82, 2.24) is 9.97 Å². The van der Waals surface area contributed by atoms with Gasteiger partial charge in [0.15, 0.2) is 0 Å². The van der Waals surface area contributed by atoms with Gasteiger partial charge in [-0.3, -0.25) is 4.79 Å². The molecule has 0 bridgehead atoms. The van der Waals surface area contributed by atoms with Crippen LogP contribution in [0.15, 0.2) is 11.1 Å². The molecule has 0 aliphatic heterocycles. The summed E-state index contributed by atoms with van der Waals surface area (Å²) in [5.74, 6) is 1.37. The molecule has 3 nitrogen and oxygen atoms in total. The maximum absolute atomic E-state index is 11.6. The van der Waals surface area contributed by atoms with Crippen LogP contribution < -0.4 is 5.56 Å². The van der Waals surface area contributed by atoms with Crippen molar-refractivity contribution >= 4 is 0 Å². The normalized spacial score (nSPS) is 29.3. The lowest BCUT2D eigenvalue weighted by atomic mass is 9.70. The fraction of sp³-hybridized carbons (Fsp3) is 0.667. The molecule has 1 aromatic rings. The maximum Gasteiger partial charge on any atom is 0.254 e. The molecular formula is C12H16N2O. The fourth-order valence-corrected chi connectivity index (χ4v) is 3.25. The van der Waals surface area contributed by atoms with Gasteiger partial charge in [0.05, 0.1) is 12.0 Å². The summed E-state index contributed by atoms with van der Waals surface area (Å²) in [6.45, 7) is 0. The zero-order valence-corrected chi connectivity index (χ0v) is 8.83. The zero-order valence-electron chi connectivity index (χ0n) is 8.83. The molecule has 2 atom stereocenters. The smallest absolute Gasteiger partial charge is 0.254 e. The third-order valence-electron chi connectivity index (χ3n) is 4.01. The van der Waals surface area contributed by atoms with E-state index in [4.69, 9.17) is 0 Å². The van der Waals surface area contributed by atoms with Gasteiger partial charge in [0, 0.05) is 11.5 Å². The molecule has 2 aliphatic rings. The Labute approximate surface area is 88.9 Å². The Balaban J connectivity index is 2.07. The summed E-state index contributed by atoms with van der Waals surface area (Å²) in [6, 6.07) is 0. The third kappa shape index (κ3) is 1.41. The molecular weight excluding hydrogens is 188 g/mol. The van der Waals surface area contributed by atoms with Crippen LogP contribution in [-0.4, -0.2) is 9.97 Å². The van der Waals surface area contributed by atoms with Crippen LogP contribution in [0.2, 0.25) is 0 Å². The van der Waals surface area contributed by atoms with Gasteiger partial charge in [-0.1, -0.05) is 12.8 Å². The summed E-state index contributed by atoms with van der Waals surface area (Å²) in [4.78, 5) is 18.7.